The van der Waals surface area contributed by atoms with Gasteiger partial charge in [-0.25, -0.2) is 4.39 Å². The summed E-state index contributed by atoms with van der Waals surface area (Å²) in [5.74, 6) is -0.342. The zero-order valence-electron chi connectivity index (χ0n) is 6.60. The van der Waals surface area contributed by atoms with Gasteiger partial charge in [-0.2, -0.15) is 5.10 Å². The second-order valence-corrected chi connectivity index (χ2v) is 2.56. The van der Waals surface area contributed by atoms with Crippen LogP contribution in [-0.4, -0.2) is 16.3 Å². The van der Waals surface area contributed by atoms with Crippen molar-refractivity contribution in [2.45, 2.75) is 26.6 Å². The van der Waals surface area contributed by atoms with E-state index in [-0.39, 0.29) is 18.5 Å². The van der Waals surface area contributed by atoms with Gasteiger partial charge in [-0.3, -0.25) is 5.10 Å². The third kappa shape index (κ3) is 2.31. The van der Waals surface area contributed by atoms with E-state index in [0.717, 1.165) is 6.20 Å². The maximum atomic E-state index is 12.6. The first-order valence-electron chi connectivity index (χ1n) is 3.49. The molecule has 1 aromatic rings. The van der Waals surface area contributed by atoms with E-state index in [1.165, 1.54) is 0 Å². The Labute approximate surface area is 64.6 Å². The number of rotatable bonds is 3. The predicted molar refractivity (Wildman–Crippen MR) is 38.5 cm³/mol. The Morgan fingerprint density at radius 1 is 1.73 bits per heavy atom. The first-order chi connectivity index (χ1) is 5.20. The lowest BCUT2D eigenvalue weighted by Gasteiger charge is -2.04. The number of hydrogen-bond acceptors (Lipinski definition) is 2. The molecule has 0 saturated heterocycles. The van der Waals surface area contributed by atoms with E-state index in [1.54, 1.807) is 0 Å². The average molecular weight is 158 g/mol. The number of nitrogens with one attached hydrogen (secondary N) is 1. The number of hydrogen-bond donors (Lipinski definition) is 1. The van der Waals surface area contributed by atoms with Crippen LogP contribution >= 0.6 is 0 Å². The highest BCUT2D eigenvalue weighted by molar-refractivity contribution is 4.99. The molecule has 1 aromatic heterocycles. The highest BCUT2D eigenvalue weighted by Gasteiger charge is 2.03. The Balaban J connectivity index is 2.44. The molecule has 0 aliphatic carbocycles. The van der Waals surface area contributed by atoms with Crippen molar-refractivity contribution in [3.8, 4) is 0 Å². The minimum atomic E-state index is -0.342. The maximum absolute atomic E-state index is 12.6. The molecule has 0 saturated carbocycles. The summed E-state index contributed by atoms with van der Waals surface area (Å²) < 4.78 is 17.8. The van der Waals surface area contributed by atoms with Crippen LogP contribution in [0.1, 0.15) is 19.5 Å². The minimum Gasteiger partial charge on any atom is -0.372 e. The van der Waals surface area contributed by atoms with Gasteiger partial charge >= 0.3 is 0 Å². The van der Waals surface area contributed by atoms with Crippen LogP contribution in [0.5, 0.6) is 0 Å². The Bertz CT molecular complexity index is 222. The Hall–Kier alpha value is -0.900. The fourth-order valence-corrected chi connectivity index (χ4v) is 0.649. The van der Waals surface area contributed by atoms with Gasteiger partial charge in [0, 0.05) is 0 Å². The molecule has 62 valence electrons. The fourth-order valence-electron chi connectivity index (χ4n) is 0.649. The highest BCUT2D eigenvalue weighted by Crippen LogP contribution is 2.04. The lowest BCUT2D eigenvalue weighted by atomic mass is 10.4. The van der Waals surface area contributed by atoms with Gasteiger partial charge in [0.15, 0.2) is 5.82 Å². The molecule has 1 N–H and O–H groups in total. The summed E-state index contributed by atoms with van der Waals surface area (Å²) in [6.45, 7) is 4.05. The van der Waals surface area contributed by atoms with Crippen molar-refractivity contribution in [3.63, 3.8) is 0 Å². The van der Waals surface area contributed by atoms with Gasteiger partial charge in [0.25, 0.3) is 0 Å². The number of halogens is 1. The van der Waals surface area contributed by atoms with Gasteiger partial charge in [0.1, 0.15) is 0 Å². The van der Waals surface area contributed by atoms with Gasteiger partial charge in [-0.05, 0) is 13.8 Å². The quantitative estimate of drug-likeness (QED) is 0.723. The van der Waals surface area contributed by atoms with Crippen LogP contribution in [0.3, 0.4) is 0 Å². The standard InChI is InChI=1S/C7H11FN2O/c1-5(2)11-4-7-6(8)3-9-10-7/h3,5H,4H2,1-2H3,(H,9,10). The van der Waals surface area contributed by atoms with Crippen LogP contribution in [0.25, 0.3) is 0 Å². The number of ether oxygens (including phenoxy) is 1. The van der Waals surface area contributed by atoms with Crippen LogP contribution in [0.2, 0.25) is 0 Å². The van der Waals surface area contributed by atoms with Crippen LogP contribution < -0.4 is 0 Å². The second kappa shape index (κ2) is 3.48. The number of aromatic nitrogens is 2. The lowest BCUT2D eigenvalue weighted by Crippen LogP contribution is -2.03. The van der Waals surface area contributed by atoms with E-state index in [2.05, 4.69) is 10.2 Å². The van der Waals surface area contributed by atoms with Crippen molar-refractivity contribution >= 4 is 0 Å². The summed E-state index contributed by atoms with van der Waals surface area (Å²) in [5, 5.41) is 6.03. The van der Waals surface area contributed by atoms with Crippen LogP contribution in [0.15, 0.2) is 6.20 Å². The molecule has 0 aliphatic rings. The van der Waals surface area contributed by atoms with Crippen molar-refractivity contribution in [3.05, 3.63) is 17.7 Å². The average Bonchev–Trinajstić information content (AvgIpc) is 2.31. The molecule has 0 aliphatic heterocycles. The SMILES string of the molecule is CC(C)OCc1[nH]ncc1F. The van der Waals surface area contributed by atoms with Crippen molar-refractivity contribution in [2.75, 3.05) is 0 Å². The van der Waals surface area contributed by atoms with Gasteiger partial charge < -0.3 is 4.74 Å². The molecule has 0 fully saturated rings. The Morgan fingerprint density at radius 3 is 2.91 bits per heavy atom. The van der Waals surface area contributed by atoms with Crippen LogP contribution in [0, 0.1) is 5.82 Å². The summed E-state index contributed by atoms with van der Waals surface area (Å²) in [7, 11) is 0. The zero-order valence-corrected chi connectivity index (χ0v) is 6.60. The number of aromatic amines is 1. The third-order valence-electron chi connectivity index (χ3n) is 1.23. The second-order valence-electron chi connectivity index (χ2n) is 2.56. The molecule has 11 heavy (non-hydrogen) atoms. The normalized spacial score (nSPS) is 10.9. The van der Waals surface area contributed by atoms with Gasteiger partial charge in [0.05, 0.1) is 24.6 Å². The largest absolute Gasteiger partial charge is 0.372 e. The molecule has 0 spiro atoms. The Kier molecular flexibility index (Phi) is 2.59. The molecule has 3 nitrogen and oxygen atoms in total. The van der Waals surface area contributed by atoms with Crippen molar-refractivity contribution in [2.24, 2.45) is 0 Å². The first kappa shape index (κ1) is 8.20. The fraction of sp³-hybridized carbons (Fsp3) is 0.571. The van der Waals surface area contributed by atoms with Gasteiger partial charge in [-0.1, -0.05) is 0 Å². The van der Waals surface area contributed by atoms with E-state index >= 15 is 0 Å². The van der Waals surface area contributed by atoms with Gasteiger partial charge in [0.2, 0.25) is 0 Å². The highest BCUT2D eigenvalue weighted by atomic mass is 19.1. The van der Waals surface area contributed by atoms with E-state index < -0.39 is 0 Å². The molecule has 1 rings (SSSR count). The van der Waals surface area contributed by atoms with Crippen molar-refractivity contribution in [1.29, 1.82) is 0 Å². The van der Waals surface area contributed by atoms with E-state index in [9.17, 15) is 4.39 Å². The summed E-state index contributed by atoms with van der Waals surface area (Å²) in [6, 6.07) is 0. The molecule has 0 radical (unpaired) electrons. The predicted octanol–water partition coefficient (Wildman–Crippen LogP) is 1.47. The summed E-state index contributed by atoms with van der Waals surface area (Å²) in [4.78, 5) is 0. The lowest BCUT2D eigenvalue weighted by molar-refractivity contribution is 0.0618. The Morgan fingerprint density at radius 2 is 2.45 bits per heavy atom. The zero-order chi connectivity index (χ0) is 8.27. The van der Waals surface area contributed by atoms with Crippen LogP contribution in [0.4, 0.5) is 4.39 Å². The summed E-state index contributed by atoms with van der Waals surface area (Å²) in [5.41, 5.74) is 0.402. The topological polar surface area (TPSA) is 37.9 Å². The van der Waals surface area contributed by atoms with Crippen molar-refractivity contribution in [1.82, 2.24) is 10.2 Å². The van der Waals surface area contributed by atoms with E-state index in [1.807, 2.05) is 13.8 Å². The molecule has 0 atom stereocenters. The molecule has 0 unspecified atom stereocenters. The molecule has 0 aromatic carbocycles. The van der Waals surface area contributed by atoms with Gasteiger partial charge in [-0.15, -0.1) is 0 Å². The summed E-state index contributed by atoms with van der Waals surface area (Å²) in [6.07, 6.45) is 1.25. The molecule has 4 heteroatoms. The first-order valence-corrected chi connectivity index (χ1v) is 3.49. The van der Waals surface area contributed by atoms with Crippen LogP contribution in [-0.2, 0) is 11.3 Å². The smallest absolute Gasteiger partial charge is 0.166 e. The number of H-pyrrole nitrogens is 1. The van der Waals surface area contributed by atoms with E-state index in [4.69, 9.17) is 4.74 Å². The monoisotopic (exact) mass is 158 g/mol. The van der Waals surface area contributed by atoms with Crippen molar-refractivity contribution < 1.29 is 9.13 Å². The summed E-state index contributed by atoms with van der Waals surface area (Å²) >= 11 is 0. The maximum Gasteiger partial charge on any atom is 0.166 e. The van der Waals surface area contributed by atoms with E-state index in [0.29, 0.717) is 5.69 Å². The molecular formula is C7H11FN2O. The molecule has 1 heterocycles. The third-order valence-corrected chi connectivity index (χ3v) is 1.23. The molecular weight excluding hydrogens is 147 g/mol. The molecule has 0 amide bonds. The molecule has 0 bridgehead atoms. The number of nitrogens with zero attached hydrogens (tertiary/aromatic N) is 1. The minimum absolute atomic E-state index is 0.109.